The third kappa shape index (κ3) is 4.09. The summed E-state index contributed by atoms with van der Waals surface area (Å²) in [6, 6.07) is 6.41. The zero-order valence-electron chi connectivity index (χ0n) is 16.8. The van der Waals surface area contributed by atoms with E-state index in [-0.39, 0.29) is 0 Å². The topological polar surface area (TPSA) is 79.2 Å². The molecule has 2 atom stereocenters. The summed E-state index contributed by atoms with van der Waals surface area (Å²) in [5.74, 6) is 0.656. The molecule has 1 fully saturated rings. The maximum Gasteiger partial charge on any atom is 0.223 e. The molecule has 150 valence electrons. The minimum Gasteiger partial charge on any atom is -0.383 e. The number of H-pyrrole nitrogens is 1. The van der Waals surface area contributed by atoms with E-state index in [0.29, 0.717) is 30.3 Å². The van der Waals surface area contributed by atoms with E-state index in [0.717, 1.165) is 47.1 Å². The Hall–Kier alpha value is -2.95. The minimum atomic E-state index is 0.312. The van der Waals surface area contributed by atoms with Crippen LogP contribution < -0.4 is 10.6 Å². The highest BCUT2D eigenvalue weighted by Crippen LogP contribution is 2.32. The van der Waals surface area contributed by atoms with Crippen molar-refractivity contribution in [3.63, 3.8) is 0 Å². The van der Waals surface area contributed by atoms with Crippen LogP contribution in [0.15, 0.2) is 30.6 Å². The molecule has 1 aromatic carbocycles. The summed E-state index contributed by atoms with van der Waals surface area (Å²) in [5, 5.41) is 8.17. The van der Waals surface area contributed by atoms with Crippen molar-refractivity contribution < 1.29 is 4.74 Å². The number of nitrogens with one attached hydrogen (secondary N) is 3. The van der Waals surface area contributed by atoms with Crippen LogP contribution in [0.3, 0.4) is 0 Å². The van der Waals surface area contributed by atoms with Crippen molar-refractivity contribution in [3.8, 4) is 11.3 Å². The summed E-state index contributed by atoms with van der Waals surface area (Å²) in [7, 11) is 1.72. The molecule has 0 radical (unpaired) electrons. The number of rotatable bonds is 7. The number of ether oxygens (including phenoxy) is 1. The molecule has 29 heavy (non-hydrogen) atoms. The van der Waals surface area contributed by atoms with Crippen molar-refractivity contribution in [2.24, 2.45) is 0 Å². The fourth-order valence-electron chi connectivity index (χ4n) is 4.05. The Morgan fingerprint density at radius 3 is 3.00 bits per heavy atom. The summed E-state index contributed by atoms with van der Waals surface area (Å²) in [6.45, 7) is 10.8. The maximum absolute atomic E-state index is 7.20. The number of aryl methyl sites for hydroxylation is 1. The molecule has 0 spiro atoms. The SMILES string of the molecule is [C-]#[N+]c1ccc2c(-c3nc(N[C@H]4CCC[C@@H]4NCCOC)ncc3C)c[nH]c2c1. The summed E-state index contributed by atoms with van der Waals surface area (Å²) in [6.07, 6.45) is 7.27. The van der Waals surface area contributed by atoms with Crippen molar-refractivity contribution >= 4 is 22.5 Å². The lowest BCUT2D eigenvalue weighted by Gasteiger charge is -2.22. The summed E-state index contributed by atoms with van der Waals surface area (Å²) < 4.78 is 5.15. The molecular formula is C22H26N6O. The third-order valence-electron chi connectivity index (χ3n) is 5.56. The smallest absolute Gasteiger partial charge is 0.223 e. The average molecular weight is 390 g/mol. The maximum atomic E-state index is 7.20. The van der Waals surface area contributed by atoms with E-state index >= 15 is 0 Å². The van der Waals surface area contributed by atoms with E-state index in [4.69, 9.17) is 16.3 Å². The van der Waals surface area contributed by atoms with Crippen LogP contribution in [0.25, 0.3) is 27.0 Å². The molecule has 7 heteroatoms. The number of hydrogen-bond acceptors (Lipinski definition) is 5. The van der Waals surface area contributed by atoms with Gasteiger partial charge in [0.1, 0.15) is 0 Å². The summed E-state index contributed by atoms with van der Waals surface area (Å²) >= 11 is 0. The van der Waals surface area contributed by atoms with E-state index in [1.54, 1.807) is 7.11 Å². The van der Waals surface area contributed by atoms with E-state index in [1.807, 2.05) is 37.5 Å². The molecule has 4 rings (SSSR count). The first-order valence-corrected chi connectivity index (χ1v) is 10.0. The van der Waals surface area contributed by atoms with Gasteiger partial charge in [0.25, 0.3) is 0 Å². The average Bonchev–Trinajstić information content (AvgIpc) is 3.36. The van der Waals surface area contributed by atoms with Crippen molar-refractivity contribution in [2.45, 2.75) is 38.3 Å². The van der Waals surface area contributed by atoms with Gasteiger partial charge in [-0.2, -0.15) is 0 Å². The van der Waals surface area contributed by atoms with E-state index in [9.17, 15) is 0 Å². The van der Waals surface area contributed by atoms with Crippen LogP contribution in [0, 0.1) is 13.5 Å². The van der Waals surface area contributed by atoms with Crippen molar-refractivity contribution in [1.82, 2.24) is 20.3 Å². The van der Waals surface area contributed by atoms with Crippen molar-refractivity contribution in [1.29, 1.82) is 0 Å². The van der Waals surface area contributed by atoms with Gasteiger partial charge in [-0.05, 0) is 37.8 Å². The van der Waals surface area contributed by atoms with Gasteiger partial charge < -0.3 is 20.4 Å². The molecular weight excluding hydrogens is 364 g/mol. The van der Waals surface area contributed by atoms with Crippen LogP contribution in [0.5, 0.6) is 0 Å². The number of hydrogen-bond donors (Lipinski definition) is 3. The van der Waals surface area contributed by atoms with E-state index in [1.165, 1.54) is 6.42 Å². The van der Waals surface area contributed by atoms with Crippen LogP contribution in [-0.4, -0.2) is 47.3 Å². The van der Waals surface area contributed by atoms with E-state index < -0.39 is 0 Å². The number of benzene rings is 1. The first-order chi connectivity index (χ1) is 14.2. The monoisotopic (exact) mass is 390 g/mol. The number of anilines is 1. The van der Waals surface area contributed by atoms with Crippen LogP contribution in [0.1, 0.15) is 24.8 Å². The van der Waals surface area contributed by atoms with Gasteiger partial charge in [-0.1, -0.05) is 12.1 Å². The zero-order valence-corrected chi connectivity index (χ0v) is 16.8. The van der Waals surface area contributed by atoms with Gasteiger partial charge in [-0.25, -0.2) is 14.8 Å². The van der Waals surface area contributed by atoms with Gasteiger partial charge in [-0.3, -0.25) is 0 Å². The van der Waals surface area contributed by atoms with Gasteiger partial charge in [-0.15, -0.1) is 0 Å². The largest absolute Gasteiger partial charge is 0.383 e. The molecule has 3 aromatic rings. The molecule has 2 aromatic heterocycles. The van der Waals surface area contributed by atoms with Crippen molar-refractivity contribution in [2.75, 3.05) is 25.6 Å². The molecule has 1 aliphatic rings. The zero-order chi connectivity index (χ0) is 20.2. The predicted molar refractivity (Wildman–Crippen MR) is 115 cm³/mol. The molecule has 3 N–H and O–H groups in total. The lowest BCUT2D eigenvalue weighted by atomic mass is 10.1. The minimum absolute atomic E-state index is 0.312. The highest BCUT2D eigenvalue weighted by Gasteiger charge is 2.27. The standard InChI is InChI=1S/C22H26N6O/c1-14-12-26-22(27-19-6-4-5-18(19)24-9-10-29-3)28-21(14)17-13-25-20-11-15(23-2)7-8-16(17)20/h7-8,11-13,18-19,24-25H,4-6,9-10H2,1,3H3,(H,26,27,28)/t18-,19-/m0/s1. The van der Waals surface area contributed by atoms with Crippen LogP contribution in [-0.2, 0) is 4.74 Å². The van der Waals surface area contributed by atoms with E-state index in [2.05, 4.69) is 25.4 Å². The van der Waals surface area contributed by atoms with Crippen molar-refractivity contribution in [3.05, 3.63) is 47.6 Å². The molecule has 0 aliphatic heterocycles. The number of nitrogens with zero attached hydrogens (tertiary/aromatic N) is 3. The second-order valence-corrected chi connectivity index (χ2v) is 7.50. The molecule has 1 aliphatic carbocycles. The second-order valence-electron chi connectivity index (χ2n) is 7.50. The third-order valence-corrected chi connectivity index (χ3v) is 5.56. The quantitative estimate of drug-likeness (QED) is 0.419. The Kier molecular flexibility index (Phi) is 5.74. The number of aromatic amines is 1. The fraction of sp³-hybridized carbons (Fsp3) is 0.409. The van der Waals surface area contributed by atoms with Gasteiger partial charge in [0.05, 0.1) is 18.9 Å². The Balaban J connectivity index is 1.58. The first-order valence-electron chi connectivity index (χ1n) is 10.0. The summed E-state index contributed by atoms with van der Waals surface area (Å²) in [5.41, 5.74) is 4.53. The molecule has 0 unspecified atom stereocenters. The lowest BCUT2D eigenvalue weighted by Crippen LogP contribution is -2.41. The Labute approximate surface area is 170 Å². The highest BCUT2D eigenvalue weighted by atomic mass is 16.5. The molecule has 1 saturated carbocycles. The first kappa shape index (κ1) is 19.4. The number of aromatic nitrogens is 3. The number of methoxy groups -OCH3 is 1. The normalized spacial score (nSPS) is 18.8. The fourth-order valence-corrected chi connectivity index (χ4v) is 4.05. The number of fused-ring (bicyclic) bond motifs is 1. The second kappa shape index (κ2) is 8.60. The predicted octanol–water partition coefficient (Wildman–Crippen LogP) is 4.05. The van der Waals surface area contributed by atoms with Crippen LogP contribution >= 0.6 is 0 Å². The summed E-state index contributed by atoms with van der Waals surface area (Å²) in [4.78, 5) is 16.1. The lowest BCUT2D eigenvalue weighted by molar-refractivity contribution is 0.195. The Morgan fingerprint density at radius 1 is 1.31 bits per heavy atom. The van der Waals surface area contributed by atoms with Gasteiger partial charge in [0.15, 0.2) is 5.69 Å². The van der Waals surface area contributed by atoms with Crippen LogP contribution in [0.2, 0.25) is 0 Å². The van der Waals surface area contributed by atoms with Crippen LogP contribution in [0.4, 0.5) is 11.6 Å². The molecule has 0 bridgehead atoms. The molecule has 7 nitrogen and oxygen atoms in total. The Morgan fingerprint density at radius 2 is 2.17 bits per heavy atom. The molecule has 2 heterocycles. The molecule has 0 saturated heterocycles. The van der Waals surface area contributed by atoms with Gasteiger partial charge in [0, 0.05) is 54.6 Å². The molecule has 0 amide bonds. The van der Waals surface area contributed by atoms with Gasteiger partial charge >= 0.3 is 0 Å². The highest BCUT2D eigenvalue weighted by molar-refractivity contribution is 5.96. The Bertz CT molecular complexity index is 1040. The van der Waals surface area contributed by atoms with Gasteiger partial charge in [0.2, 0.25) is 5.95 Å².